The molecule has 0 bridgehead atoms. The molecule has 2 heterocycles. The van der Waals surface area contributed by atoms with Crippen molar-refractivity contribution in [2.45, 2.75) is 70.6 Å². The van der Waals surface area contributed by atoms with Gasteiger partial charge < -0.3 is 19.3 Å². The zero-order valence-corrected chi connectivity index (χ0v) is 13.9. The van der Waals surface area contributed by atoms with E-state index in [1.54, 1.807) is 6.08 Å². The van der Waals surface area contributed by atoms with E-state index in [4.69, 9.17) is 14.2 Å². The Balaban J connectivity index is 1.97. The number of aliphatic hydroxyl groups is 1. The fraction of sp³-hybridized carbons (Fsp3) is 0.765. The van der Waals surface area contributed by atoms with Gasteiger partial charge in [0, 0.05) is 25.7 Å². The molecule has 0 aromatic rings. The maximum absolute atomic E-state index is 12.1. The topological polar surface area (TPSA) is 85.4 Å². The molecule has 6 nitrogen and oxygen atoms in total. The SMILES string of the molecule is CC(=O)O[C@H]1C/C(C)=C/[C@@H](O)C[C@@]2(C)O[C@@H]2[C@H]2OC(=O)[C@@H](C)[C@@H]21. The molecule has 2 aliphatic heterocycles. The van der Waals surface area contributed by atoms with Crippen LogP contribution < -0.4 is 0 Å². The van der Waals surface area contributed by atoms with Gasteiger partial charge in [0.15, 0.2) is 0 Å². The quantitative estimate of drug-likeness (QED) is 0.445. The first-order valence-corrected chi connectivity index (χ1v) is 8.12. The molecule has 1 N–H and O–H groups in total. The van der Waals surface area contributed by atoms with E-state index in [2.05, 4.69) is 0 Å². The van der Waals surface area contributed by atoms with E-state index in [1.807, 2.05) is 20.8 Å². The van der Waals surface area contributed by atoms with Crippen molar-refractivity contribution in [3.05, 3.63) is 11.6 Å². The lowest BCUT2D eigenvalue weighted by Crippen LogP contribution is -2.40. The number of carbonyl (C=O) groups excluding carboxylic acids is 2. The first-order valence-electron chi connectivity index (χ1n) is 8.12. The monoisotopic (exact) mass is 324 g/mol. The zero-order chi connectivity index (χ0) is 16.9. The number of hydrogen-bond donors (Lipinski definition) is 1. The van der Waals surface area contributed by atoms with Crippen molar-refractivity contribution in [2.75, 3.05) is 0 Å². The lowest BCUT2D eigenvalue weighted by molar-refractivity contribution is -0.151. The molecule has 6 heteroatoms. The highest BCUT2D eigenvalue weighted by Gasteiger charge is 2.64. The van der Waals surface area contributed by atoms with E-state index >= 15 is 0 Å². The second-order valence-corrected chi connectivity index (χ2v) is 7.26. The predicted molar refractivity (Wildman–Crippen MR) is 80.4 cm³/mol. The van der Waals surface area contributed by atoms with Crippen molar-refractivity contribution >= 4 is 11.9 Å². The van der Waals surface area contributed by atoms with E-state index in [9.17, 15) is 14.7 Å². The lowest BCUT2D eigenvalue weighted by atomic mass is 9.79. The van der Waals surface area contributed by atoms with Gasteiger partial charge in [-0.15, -0.1) is 0 Å². The van der Waals surface area contributed by atoms with Crippen LogP contribution in [0, 0.1) is 11.8 Å². The minimum atomic E-state index is -0.631. The highest BCUT2D eigenvalue weighted by atomic mass is 16.7. The molecule has 2 saturated heterocycles. The lowest BCUT2D eigenvalue weighted by Gasteiger charge is -2.29. The van der Waals surface area contributed by atoms with Gasteiger partial charge in [-0.05, 0) is 13.8 Å². The molecule has 0 amide bonds. The number of aliphatic hydroxyl groups excluding tert-OH is 1. The minimum Gasteiger partial charge on any atom is -0.462 e. The summed E-state index contributed by atoms with van der Waals surface area (Å²) < 4.78 is 16.9. The molecule has 3 aliphatic rings. The first kappa shape index (κ1) is 16.5. The average molecular weight is 324 g/mol. The Morgan fingerprint density at radius 2 is 2.17 bits per heavy atom. The molecule has 0 unspecified atom stereocenters. The zero-order valence-electron chi connectivity index (χ0n) is 13.9. The molecule has 7 atom stereocenters. The largest absolute Gasteiger partial charge is 0.462 e. The van der Waals surface area contributed by atoms with Crippen LogP contribution in [0.1, 0.15) is 40.5 Å². The van der Waals surface area contributed by atoms with Crippen LogP contribution >= 0.6 is 0 Å². The highest BCUT2D eigenvalue weighted by molar-refractivity contribution is 5.75. The number of hydrogen-bond acceptors (Lipinski definition) is 6. The van der Waals surface area contributed by atoms with Gasteiger partial charge >= 0.3 is 11.9 Å². The van der Waals surface area contributed by atoms with Crippen LogP contribution in [0.25, 0.3) is 0 Å². The molecule has 0 aromatic carbocycles. The van der Waals surface area contributed by atoms with Gasteiger partial charge in [0.1, 0.15) is 18.3 Å². The van der Waals surface area contributed by atoms with Gasteiger partial charge in [0.2, 0.25) is 0 Å². The van der Waals surface area contributed by atoms with Crippen LogP contribution in [0.5, 0.6) is 0 Å². The normalized spacial score (nSPS) is 48.4. The molecule has 0 spiro atoms. The van der Waals surface area contributed by atoms with Gasteiger partial charge in [-0.2, -0.15) is 0 Å². The maximum atomic E-state index is 12.1. The summed E-state index contributed by atoms with van der Waals surface area (Å²) in [5.41, 5.74) is 0.415. The van der Waals surface area contributed by atoms with Gasteiger partial charge in [-0.1, -0.05) is 18.6 Å². The summed E-state index contributed by atoms with van der Waals surface area (Å²) in [6.45, 7) is 6.98. The van der Waals surface area contributed by atoms with E-state index in [0.29, 0.717) is 12.8 Å². The number of carbonyl (C=O) groups is 2. The van der Waals surface area contributed by atoms with E-state index in [0.717, 1.165) is 5.57 Å². The summed E-state index contributed by atoms with van der Waals surface area (Å²) in [5.74, 6) is -1.26. The summed E-state index contributed by atoms with van der Waals surface area (Å²) in [6, 6.07) is 0. The Kier molecular flexibility index (Phi) is 4.01. The predicted octanol–water partition coefficient (Wildman–Crippen LogP) is 1.35. The Labute approximate surface area is 135 Å². The number of fused-ring (bicyclic) bond motifs is 3. The van der Waals surface area contributed by atoms with Crippen molar-refractivity contribution in [2.24, 2.45) is 11.8 Å². The number of ether oxygens (including phenoxy) is 3. The van der Waals surface area contributed by atoms with Crippen LogP contribution in [-0.4, -0.2) is 47.1 Å². The third kappa shape index (κ3) is 3.02. The molecule has 0 saturated carbocycles. The van der Waals surface area contributed by atoms with E-state index in [1.165, 1.54) is 6.92 Å². The molecular formula is C17H24O6. The third-order valence-corrected chi connectivity index (χ3v) is 5.18. The highest BCUT2D eigenvalue weighted by Crippen LogP contribution is 2.50. The Morgan fingerprint density at radius 3 is 2.83 bits per heavy atom. The molecule has 0 radical (unpaired) electrons. The Hall–Kier alpha value is -1.40. The number of esters is 2. The summed E-state index contributed by atoms with van der Waals surface area (Å²) in [6.07, 6.45) is 0.919. The molecule has 128 valence electrons. The first-order chi connectivity index (χ1) is 10.7. The fourth-order valence-corrected chi connectivity index (χ4v) is 4.05. The summed E-state index contributed by atoms with van der Waals surface area (Å²) >= 11 is 0. The fourth-order valence-electron chi connectivity index (χ4n) is 4.05. The van der Waals surface area contributed by atoms with Gasteiger partial charge in [-0.25, -0.2) is 0 Å². The van der Waals surface area contributed by atoms with Crippen molar-refractivity contribution in [1.29, 1.82) is 0 Å². The minimum absolute atomic E-state index is 0.239. The van der Waals surface area contributed by atoms with Crippen LogP contribution in [0.3, 0.4) is 0 Å². The molecule has 1 aliphatic carbocycles. The van der Waals surface area contributed by atoms with Crippen LogP contribution in [0.4, 0.5) is 0 Å². The second-order valence-electron chi connectivity index (χ2n) is 7.26. The molecular weight excluding hydrogens is 300 g/mol. The number of rotatable bonds is 1. The third-order valence-electron chi connectivity index (χ3n) is 5.18. The van der Waals surface area contributed by atoms with Crippen molar-refractivity contribution in [3.63, 3.8) is 0 Å². The van der Waals surface area contributed by atoms with Crippen molar-refractivity contribution in [1.82, 2.24) is 0 Å². The van der Waals surface area contributed by atoms with Crippen molar-refractivity contribution < 1.29 is 28.9 Å². The Morgan fingerprint density at radius 1 is 1.48 bits per heavy atom. The van der Waals surface area contributed by atoms with Crippen LogP contribution in [-0.2, 0) is 23.8 Å². The smallest absolute Gasteiger partial charge is 0.309 e. The van der Waals surface area contributed by atoms with Gasteiger partial charge in [-0.3, -0.25) is 9.59 Å². The number of epoxide rings is 1. The molecule has 2 fully saturated rings. The molecule has 23 heavy (non-hydrogen) atoms. The summed E-state index contributed by atoms with van der Waals surface area (Å²) in [5, 5.41) is 10.2. The van der Waals surface area contributed by atoms with Crippen molar-refractivity contribution in [3.8, 4) is 0 Å². The second kappa shape index (κ2) is 5.60. The maximum Gasteiger partial charge on any atom is 0.309 e. The van der Waals surface area contributed by atoms with E-state index < -0.39 is 23.9 Å². The van der Waals surface area contributed by atoms with Crippen LogP contribution in [0.2, 0.25) is 0 Å². The van der Waals surface area contributed by atoms with Gasteiger partial charge in [0.25, 0.3) is 0 Å². The van der Waals surface area contributed by atoms with Gasteiger partial charge in [0.05, 0.1) is 17.6 Å². The molecule has 3 rings (SSSR count). The van der Waals surface area contributed by atoms with E-state index in [-0.39, 0.29) is 29.9 Å². The standard InChI is InChI=1S/C17H24O6/c1-8-5-11(19)7-17(4)15(23-17)14-13(9(2)16(20)22-14)12(6-8)21-10(3)18/h5,9,11-15,19H,6-7H2,1-4H3/b8-5+/t9-,11+,12-,13+,14-,15+,17+/m0/s1. The Bertz CT molecular complexity index is 555. The average Bonchev–Trinajstić information content (AvgIpc) is 2.96. The molecule has 0 aromatic heterocycles. The summed E-state index contributed by atoms with van der Waals surface area (Å²) in [7, 11) is 0. The van der Waals surface area contributed by atoms with Crippen LogP contribution in [0.15, 0.2) is 11.6 Å². The summed E-state index contributed by atoms with van der Waals surface area (Å²) in [4.78, 5) is 23.6.